The van der Waals surface area contributed by atoms with Crippen molar-refractivity contribution >= 4 is 21.9 Å². The number of pyridine rings is 1. The van der Waals surface area contributed by atoms with Gasteiger partial charge in [-0.2, -0.15) is 0 Å². The van der Waals surface area contributed by atoms with Crippen LogP contribution in [0.4, 0.5) is 0 Å². The fourth-order valence-corrected chi connectivity index (χ4v) is 2.77. The number of aryl methyl sites for hydroxylation is 1. The number of carbonyl (C=O) groups excluding carboxylic acids is 1. The number of nitrogens with zero attached hydrogens (tertiary/aromatic N) is 1. The number of aromatic nitrogens is 1. The van der Waals surface area contributed by atoms with Crippen molar-refractivity contribution in [1.29, 1.82) is 0 Å². The van der Waals surface area contributed by atoms with Crippen molar-refractivity contribution < 1.29 is 23.1 Å². The summed E-state index contributed by atoms with van der Waals surface area (Å²) in [7, 11) is -4.05. The van der Waals surface area contributed by atoms with Gasteiger partial charge in [-0.3, -0.25) is 9.78 Å². The zero-order valence-electron chi connectivity index (χ0n) is 11.5. The minimum Gasteiger partial charge on any atom is -0.478 e. The van der Waals surface area contributed by atoms with Gasteiger partial charge in [0, 0.05) is 6.20 Å². The van der Waals surface area contributed by atoms with Gasteiger partial charge in [-0.25, -0.2) is 17.9 Å². The molecule has 0 unspecified atom stereocenters. The third-order valence-electron chi connectivity index (χ3n) is 2.77. The fourth-order valence-electron chi connectivity index (χ4n) is 1.70. The second-order valence-corrected chi connectivity index (χ2v) is 6.17. The van der Waals surface area contributed by atoms with Gasteiger partial charge in [0.25, 0.3) is 15.9 Å². The quantitative estimate of drug-likeness (QED) is 0.875. The van der Waals surface area contributed by atoms with Crippen LogP contribution >= 0.6 is 0 Å². The summed E-state index contributed by atoms with van der Waals surface area (Å²) in [6.45, 7) is 1.72. The molecular formula is C14H12N2O5S. The molecule has 0 aliphatic carbocycles. The van der Waals surface area contributed by atoms with Crippen LogP contribution in [-0.2, 0) is 10.0 Å². The highest BCUT2D eigenvalue weighted by molar-refractivity contribution is 7.90. The molecule has 1 heterocycles. The van der Waals surface area contributed by atoms with E-state index in [1.165, 1.54) is 18.2 Å². The Kier molecular flexibility index (Phi) is 4.22. The molecule has 0 bridgehead atoms. The van der Waals surface area contributed by atoms with E-state index in [4.69, 9.17) is 5.11 Å². The van der Waals surface area contributed by atoms with E-state index in [0.717, 1.165) is 17.8 Å². The Balaban J connectivity index is 2.28. The maximum Gasteiger partial charge on any atom is 0.335 e. The van der Waals surface area contributed by atoms with E-state index >= 15 is 0 Å². The lowest BCUT2D eigenvalue weighted by Crippen LogP contribution is -2.31. The summed E-state index contributed by atoms with van der Waals surface area (Å²) < 4.78 is 26.1. The van der Waals surface area contributed by atoms with E-state index in [1.807, 2.05) is 4.72 Å². The number of hydrogen-bond donors (Lipinski definition) is 2. The highest BCUT2D eigenvalue weighted by Gasteiger charge is 2.20. The Bertz CT molecular complexity index is 846. The minimum absolute atomic E-state index is 0.0600. The van der Waals surface area contributed by atoms with Crippen molar-refractivity contribution in [3.63, 3.8) is 0 Å². The second kappa shape index (κ2) is 5.94. The number of hydrogen-bond acceptors (Lipinski definition) is 5. The fraction of sp³-hybridized carbons (Fsp3) is 0.0714. The maximum absolute atomic E-state index is 12.1. The molecule has 22 heavy (non-hydrogen) atoms. The molecule has 2 aromatic rings. The summed E-state index contributed by atoms with van der Waals surface area (Å²) in [6, 6.07) is 8.24. The van der Waals surface area contributed by atoms with Crippen LogP contribution in [0.3, 0.4) is 0 Å². The predicted molar refractivity (Wildman–Crippen MR) is 77.0 cm³/mol. The lowest BCUT2D eigenvalue weighted by atomic mass is 10.2. The molecule has 0 spiro atoms. The molecule has 0 aliphatic rings. The normalized spacial score (nSPS) is 11.0. The van der Waals surface area contributed by atoms with Crippen LogP contribution in [0, 0.1) is 6.92 Å². The van der Waals surface area contributed by atoms with E-state index in [0.29, 0.717) is 0 Å². The average molecular weight is 320 g/mol. The minimum atomic E-state index is -4.05. The first-order valence-corrected chi connectivity index (χ1v) is 7.61. The number of rotatable bonds is 4. The third kappa shape index (κ3) is 3.47. The molecule has 2 N–H and O–H groups in total. The monoisotopic (exact) mass is 320 g/mol. The molecule has 0 fully saturated rings. The largest absolute Gasteiger partial charge is 0.478 e. The Morgan fingerprint density at radius 1 is 1.18 bits per heavy atom. The first-order chi connectivity index (χ1) is 10.3. The highest BCUT2D eigenvalue weighted by Crippen LogP contribution is 2.11. The van der Waals surface area contributed by atoms with Crippen LogP contribution in [0.2, 0.25) is 0 Å². The summed E-state index contributed by atoms with van der Waals surface area (Å²) in [5, 5.41) is 8.85. The van der Waals surface area contributed by atoms with Gasteiger partial charge in [-0.1, -0.05) is 12.1 Å². The van der Waals surface area contributed by atoms with Gasteiger partial charge in [0.2, 0.25) is 0 Å². The van der Waals surface area contributed by atoms with E-state index < -0.39 is 21.9 Å². The number of benzene rings is 1. The zero-order valence-corrected chi connectivity index (χ0v) is 12.3. The van der Waals surface area contributed by atoms with E-state index in [9.17, 15) is 18.0 Å². The summed E-state index contributed by atoms with van der Waals surface area (Å²) in [4.78, 5) is 26.4. The van der Waals surface area contributed by atoms with Gasteiger partial charge in [0.1, 0.15) is 5.69 Å². The van der Waals surface area contributed by atoms with Crippen molar-refractivity contribution in [3.05, 3.63) is 59.4 Å². The molecule has 7 nitrogen and oxygen atoms in total. The maximum atomic E-state index is 12.1. The van der Waals surface area contributed by atoms with Crippen LogP contribution in [0.5, 0.6) is 0 Å². The summed E-state index contributed by atoms with van der Waals surface area (Å²) in [5.41, 5.74) is 0.269. The van der Waals surface area contributed by atoms with Crippen molar-refractivity contribution in [3.8, 4) is 0 Å². The molecule has 0 saturated carbocycles. The Morgan fingerprint density at radius 2 is 1.91 bits per heavy atom. The number of nitrogens with one attached hydrogen (secondary N) is 1. The van der Waals surface area contributed by atoms with Crippen LogP contribution < -0.4 is 4.72 Å². The standard InChI is InChI=1S/C14H12N2O5S/c1-9-3-2-4-11(7-9)22(20,21)16-13(17)12-8-10(14(18)19)5-6-15-12/h2-8H,1H3,(H,16,17)(H,18,19). The lowest BCUT2D eigenvalue weighted by Gasteiger charge is -2.07. The molecule has 1 amide bonds. The first-order valence-electron chi connectivity index (χ1n) is 6.13. The van der Waals surface area contributed by atoms with Gasteiger partial charge in [0.15, 0.2) is 0 Å². The molecule has 0 radical (unpaired) electrons. The summed E-state index contributed by atoms with van der Waals surface area (Å²) in [6.07, 6.45) is 1.12. The molecule has 2 rings (SSSR count). The number of sulfonamides is 1. The third-order valence-corrected chi connectivity index (χ3v) is 4.10. The Labute approximate surface area is 126 Å². The first kappa shape index (κ1) is 15.6. The van der Waals surface area contributed by atoms with Gasteiger partial charge < -0.3 is 5.11 Å². The van der Waals surface area contributed by atoms with Gasteiger partial charge in [-0.15, -0.1) is 0 Å². The van der Waals surface area contributed by atoms with Crippen LogP contribution in [0.1, 0.15) is 26.4 Å². The van der Waals surface area contributed by atoms with Crippen LogP contribution in [-0.4, -0.2) is 30.4 Å². The number of amides is 1. The van der Waals surface area contributed by atoms with E-state index in [1.54, 1.807) is 19.1 Å². The van der Waals surface area contributed by atoms with E-state index in [2.05, 4.69) is 4.98 Å². The van der Waals surface area contributed by atoms with Gasteiger partial charge in [0.05, 0.1) is 10.5 Å². The predicted octanol–water partition coefficient (Wildman–Crippen LogP) is 1.21. The van der Waals surface area contributed by atoms with Crippen molar-refractivity contribution in [2.45, 2.75) is 11.8 Å². The number of carbonyl (C=O) groups is 2. The SMILES string of the molecule is Cc1cccc(S(=O)(=O)NC(=O)c2cc(C(=O)O)ccn2)c1. The topological polar surface area (TPSA) is 113 Å². The smallest absolute Gasteiger partial charge is 0.335 e. The van der Waals surface area contributed by atoms with E-state index in [-0.39, 0.29) is 16.2 Å². The Morgan fingerprint density at radius 3 is 2.55 bits per heavy atom. The van der Waals surface area contributed by atoms with Gasteiger partial charge >= 0.3 is 5.97 Å². The number of carboxylic acids is 1. The lowest BCUT2D eigenvalue weighted by molar-refractivity contribution is 0.0696. The van der Waals surface area contributed by atoms with Crippen LogP contribution in [0.25, 0.3) is 0 Å². The van der Waals surface area contributed by atoms with Crippen LogP contribution in [0.15, 0.2) is 47.5 Å². The molecular weight excluding hydrogens is 308 g/mol. The molecule has 1 aromatic heterocycles. The zero-order chi connectivity index (χ0) is 16.3. The summed E-state index contributed by atoms with van der Waals surface area (Å²) >= 11 is 0. The number of carboxylic acid groups (broad SMARTS) is 1. The van der Waals surface area contributed by atoms with Crippen molar-refractivity contribution in [1.82, 2.24) is 9.71 Å². The average Bonchev–Trinajstić information content (AvgIpc) is 2.47. The molecule has 114 valence electrons. The van der Waals surface area contributed by atoms with Crippen molar-refractivity contribution in [2.75, 3.05) is 0 Å². The molecule has 0 atom stereocenters. The second-order valence-electron chi connectivity index (χ2n) is 4.49. The molecule has 0 saturated heterocycles. The molecule has 8 heteroatoms. The summed E-state index contributed by atoms with van der Waals surface area (Å²) in [5.74, 6) is -2.23. The Hall–Kier alpha value is -2.74. The molecule has 0 aliphatic heterocycles. The van der Waals surface area contributed by atoms with Crippen molar-refractivity contribution in [2.24, 2.45) is 0 Å². The highest BCUT2D eigenvalue weighted by atomic mass is 32.2. The number of aromatic carboxylic acids is 1. The van der Waals surface area contributed by atoms with Gasteiger partial charge in [-0.05, 0) is 36.8 Å². The molecule has 1 aromatic carbocycles.